The highest BCUT2D eigenvalue weighted by Crippen LogP contribution is 2.55. The van der Waals surface area contributed by atoms with Gasteiger partial charge in [-0.3, -0.25) is 5.43 Å². The number of methoxy groups -OCH3 is 3. The first-order valence-electron chi connectivity index (χ1n) is 9.95. The van der Waals surface area contributed by atoms with E-state index in [4.69, 9.17) is 26.4 Å². The van der Waals surface area contributed by atoms with Crippen LogP contribution in [0.4, 0.5) is 0 Å². The van der Waals surface area contributed by atoms with Crippen LogP contribution in [0.15, 0.2) is 17.2 Å². The van der Waals surface area contributed by atoms with Crippen molar-refractivity contribution in [2.24, 2.45) is 22.9 Å². The first-order chi connectivity index (χ1) is 13.5. The average Bonchev–Trinajstić information content (AvgIpc) is 2.66. The lowest BCUT2D eigenvalue weighted by Crippen LogP contribution is -2.61. The first kappa shape index (κ1) is 19.3. The van der Waals surface area contributed by atoms with Gasteiger partial charge in [0.05, 0.1) is 33.1 Å². The van der Waals surface area contributed by atoms with Crippen molar-refractivity contribution in [2.75, 3.05) is 21.3 Å². The van der Waals surface area contributed by atoms with Gasteiger partial charge in [0.15, 0.2) is 5.11 Å². The second-order valence-corrected chi connectivity index (χ2v) is 8.88. The van der Waals surface area contributed by atoms with E-state index in [0.29, 0.717) is 22.4 Å². The number of hydrazone groups is 1. The zero-order valence-electron chi connectivity index (χ0n) is 16.8. The molecule has 2 N–H and O–H groups in total. The summed E-state index contributed by atoms with van der Waals surface area (Å²) in [5, 5.41) is 8.53. The van der Waals surface area contributed by atoms with E-state index in [1.807, 2.05) is 0 Å². The highest BCUT2D eigenvalue weighted by Gasteiger charge is 2.51. The molecule has 0 amide bonds. The van der Waals surface area contributed by atoms with Gasteiger partial charge in [0.25, 0.3) is 0 Å². The fourth-order valence-corrected chi connectivity index (χ4v) is 6.12. The molecule has 6 nitrogen and oxygen atoms in total. The third-order valence-corrected chi connectivity index (χ3v) is 6.72. The summed E-state index contributed by atoms with van der Waals surface area (Å²) in [6.07, 6.45) is 9.63. The Morgan fingerprint density at radius 3 is 2.00 bits per heavy atom. The van der Waals surface area contributed by atoms with Crippen LogP contribution < -0.4 is 25.0 Å². The van der Waals surface area contributed by atoms with Crippen molar-refractivity contribution < 1.29 is 14.2 Å². The molecular formula is C21H29N3O3S. The largest absolute Gasteiger partial charge is 0.496 e. The third-order valence-electron chi connectivity index (χ3n) is 6.53. The highest BCUT2D eigenvalue weighted by molar-refractivity contribution is 7.80. The molecule has 0 unspecified atom stereocenters. The number of hydrogen-bond donors (Lipinski definition) is 2. The van der Waals surface area contributed by atoms with Crippen molar-refractivity contribution in [1.82, 2.24) is 10.7 Å². The van der Waals surface area contributed by atoms with E-state index in [9.17, 15) is 0 Å². The van der Waals surface area contributed by atoms with Crippen molar-refractivity contribution in [3.05, 3.63) is 17.7 Å². The second-order valence-electron chi connectivity index (χ2n) is 8.47. The van der Waals surface area contributed by atoms with Gasteiger partial charge >= 0.3 is 0 Å². The molecule has 1 aromatic rings. The number of benzene rings is 1. The van der Waals surface area contributed by atoms with E-state index in [1.54, 1.807) is 39.7 Å². The molecule has 0 radical (unpaired) electrons. The third kappa shape index (κ3) is 3.77. The van der Waals surface area contributed by atoms with Crippen LogP contribution in [0.2, 0.25) is 0 Å². The predicted octanol–water partition coefficient (Wildman–Crippen LogP) is 3.48. The molecule has 28 heavy (non-hydrogen) atoms. The number of nitrogens with zero attached hydrogens (tertiary/aromatic N) is 1. The lowest BCUT2D eigenvalue weighted by atomic mass is 9.53. The Morgan fingerprint density at radius 1 is 1.00 bits per heavy atom. The molecule has 1 aromatic carbocycles. The van der Waals surface area contributed by atoms with Crippen LogP contribution in [0, 0.1) is 17.8 Å². The van der Waals surface area contributed by atoms with Crippen LogP contribution in [0.3, 0.4) is 0 Å². The van der Waals surface area contributed by atoms with Crippen molar-refractivity contribution in [3.63, 3.8) is 0 Å². The fraction of sp³-hybridized carbons (Fsp3) is 0.619. The first-order valence-corrected chi connectivity index (χ1v) is 10.4. The Kier molecular flexibility index (Phi) is 5.36. The van der Waals surface area contributed by atoms with E-state index in [0.717, 1.165) is 23.3 Å². The van der Waals surface area contributed by atoms with Crippen LogP contribution in [0.1, 0.15) is 44.1 Å². The molecule has 0 saturated heterocycles. The maximum absolute atomic E-state index is 5.55. The Hall–Kier alpha value is -2.02. The van der Waals surface area contributed by atoms with Crippen LogP contribution in [-0.4, -0.2) is 38.2 Å². The summed E-state index contributed by atoms with van der Waals surface area (Å²) in [6, 6.07) is 3.60. The summed E-state index contributed by atoms with van der Waals surface area (Å²) in [6.45, 7) is 0. The van der Waals surface area contributed by atoms with Gasteiger partial charge in [-0.15, -0.1) is 0 Å². The van der Waals surface area contributed by atoms with Crippen molar-refractivity contribution in [3.8, 4) is 17.2 Å². The standard InChI is InChI=1S/C21H29N3O3S/c1-25-16-7-18(26-2)17(19(8-16)27-3)12-22-24-20(28)23-21-9-13-4-14(10-21)6-15(5-13)11-21/h7-8,12-15H,4-6,9-11H2,1-3H3,(H2,23,24,28)/b22-12+. The predicted molar refractivity (Wildman–Crippen MR) is 113 cm³/mol. The molecule has 0 heterocycles. The number of nitrogens with one attached hydrogen (secondary N) is 2. The van der Waals surface area contributed by atoms with Crippen LogP contribution in [0.5, 0.6) is 17.2 Å². The van der Waals surface area contributed by atoms with Gasteiger partial charge in [0, 0.05) is 17.7 Å². The van der Waals surface area contributed by atoms with Crippen LogP contribution in [0.25, 0.3) is 0 Å². The number of hydrogen-bond acceptors (Lipinski definition) is 5. The molecule has 4 saturated carbocycles. The Labute approximate surface area is 172 Å². The van der Waals surface area contributed by atoms with Gasteiger partial charge in [0.1, 0.15) is 17.2 Å². The zero-order chi connectivity index (χ0) is 19.7. The smallest absolute Gasteiger partial charge is 0.187 e. The average molecular weight is 404 g/mol. The minimum Gasteiger partial charge on any atom is -0.496 e. The van der Waals surface area contributed by atoms with Gasteiger partial charge in [0.2, 0.25) is 0 Å². The molecule has 4 aliphatic carbocycles. The van der Waals surface area contributed by atoms with Gasteiger partial charge in [-0.1, -0.05) is 0 Å². The second kappa shape index (κ2) is 7.78. The van der Waals surface area contributed by atoms with E-state index < -0.39 is 0 Å². The molecular weight excluding hydrogens is 374 g/mol. The molecule has 7 heteroatoms. The maximum atomic E-state index is 5.55. The molecule has 4 bridgehead atoms. The normalized spacial score (nSPS) is 30.3. The zero-order valence-corrected chi connectivity index (χ0v) is 17.6. The van der Waals surface area contributed by atoms with Crippen LogP contribution in [-0.2, 0) is 0 Å². The Morgan fingerprint density at radius 2 is 1.54 bits per heavy atom. The molecule has 0 aliphatic heterocycles. The number of ether oxygens (including phenoxy) is 3. The minimum atomic E-state index is 0.170. The van der Waals surface area contributed by atoms with Gasteiger partial charge in [-0.05, 0) is 68.5 Å². The van der Waals surface area contributed by atoms with Gasteiger partial charge in [-0.25, -0.2) is 0 Å². The highest BCUT2D eigenvalue weighted by atomic mass is 32.1. The fourth-order valence-electron chi connectivity index (χ4n) is 5.85. The Balaban J connectivity index is 1.42. The topological polar surface area (TPSA) is 64.1 Å². The molecule has 0 atom stereocenters. The molecule has 5 rings (SSSR count). The number of thiocarbonyl (C=S) groups is 1. The van der Waals surface area contributed by atoms with E-state index in [-0.39, 0.29) is 5.54 Å². The van der Waals surface area contributed by atoms with Crippen LogP contribution >= 0.6 is 12.2 Å². The Bertz CT molecular complexity index is 720. The van der Waals surface area contributed by atoms with E-state index in [2.05, 4.69) is 15.8 Å². The summed E-state index contributed by atoms with van der Waals surface area (Å²) < 4.78 is 16.2. The summed E-state index contributed by atoms with van der Waals surface area (Å²) in [5.74, 6) is 4.54. The summed E-state index contributed by atoms with van der Waals surface area (Å²) in [7, 11) is 4.83. The molecule has 152 valence electrons. The van der Waals surface area contributed by atoms with Gasteiger partial charge in [-0.2, -0.15) is 5.10 Å². The van der Waals surface area contributed by atoms with Crippen molar-refractivity contribution in [2.45, 2.75) is 44.1 Å². The lowest BCUT2D eigenvalue weighted by molar-refractivity contribution is -0.0101. The van der Waals surface area contributed by atoms with E-state index >= 15 is 0 Å². The maximum Gasteiger partial charge on any atom is 0.187 e. The van der Waals surface area contributed by atoms with Crippen molar-refractivity contribution in [1.29, 1.82) is 0 Å². The summed E-state index contributed by atoms with van der Waals surface area (Å²) in [4.78, 5) is 0. The number of rotatable bonds is 6. The quantitative estimate of drug-likeness (QED) is 0.431. The van der Waals surface area contributed by atoms with Crippen molar-refractivity contribution >= 4 is 23.5 Å². The SMILES string of the molecule is COc1cc(OC)c(/C=N/NC(=S)NC23CC4CC(CC(C4)C2)C3)c(OC)c1. The lowest BCUT2D eigenvalue weighted by Gasteiger charge is -2.57. The molecule has 0 aromatic heterocycles. The summed E-state index contributed by atoms with van der Waals surface area (Å²) >= 11 is 5.55. The molecule has 4 fully saturated rings. The van der Waals surface area contributed by atoms with Gasteiger partial charge < -0.3 is 19.5 Å². The molecule has 0 spiro atoms. The minimum absolute atomic E-state index is 0.170. The van der Waals surface area contributed by atoms with E-state index in [1.165, 1.54) is 38.5 Å². The monoisotopic (exact) mass is 403 g/mol. The molecule has 4 aliphatic rings. The summed E-state index contributed by atoms with van der Waals surface area (Å²) in [5.41, 5.74) is 3.89.